The van der Waals surface area contributed by atoms with Gasteiger partial charge in [0, 0.05) is 17.6 Å². The van der Waals surface area contributed by atoms with E-state index in [2.05, 4.69) is 51.3 Å². The molecule has 1 fully saturated rings. The maximum Gasteiger partial charge on any atom is 0.0244 e. The minimum Gasteiger partial charge on any atom is -0.313 e. The molecule has 0 radical (unpaired) electrons. The van der Waals surface area contributed by atoms with Crippen molar-refractivity contribution in [1.82, 2.24) is 10.2 Å². The summed E-state index contributed by atoms with van der Waals surface area (Å²) < 4.78 is 1.26. The van der Waals surface area contributed by atoms with Gasteiger partial charge in [0.25, 0.3) is 0 Å². The van der Waals surface area contributed by atoms with E-state index in [1.54, 1.807) is 0 Å². The molecule has 0 bridgehead atoms. The van der Waals surface area contributed by atoms with Crippen molar-refractivity contribution in [3.63, 3.8) is 0 Å². The van der Waals surface area contributed by atoms with Crippen LogP contribution in [0.25, 0.3) is 0 Å². The van der Waals surface area contributed by atoms with E-state index in [0.29, 0.717) is 0 Å². The smallest absolute Gasteiger partial charge is 0.0244 e. The van der Waals surface area contributed by atoms with Gasteiger partial charge in [0.2, 0.25) is 0 Å². The Bertz CT molecular complexity index is 412. The molecule has 1 aliphatic heterocycles. The molecule has 2 nitrogen and oxygen atoms in total. The topological polar surface area (TPSA) is 15.3 Å². The van der Waals surface area contributed by atoms with E-state index < -0.39 is 0 Å². The summed E-state index contributed by atoms with van der Waals surface area (Å²) in [6, 6.07) is 6.85. The number of halogens is 1. The minimum absolute atomic E-state index is 0.969. The third kappa shape index (κ3) is 6.09. The summed E-state index contributed by atoms with van der Waals surface area (Å²) in [7, 11) is 0. The van der Waals surface area contributed by atoms with E-state index in [4.69, 9.17) is 0 Å². The molecule has 0 unspecified atom stereocenters. The van der Waals surface area contributed by atoms with E-state index in [9.17, 15) is 0 Å². The molecule has 0 aromatic heterocycles. The lowest BCUT2D eigenvalue weighted by Crippen LogP contribution is -2.27. The van der Waals surface area contributed by atoms with Crippen molar-refractivity contribution in [2.24, 2.45) is 0 Å². The van der Waals surface area contributed by atoms with E-state index in [1.165, 1.54) is 67.2 Å². The van der Waals surface area contributed by atoms with Gasteiger partial charge in [0.1, 0.15) is 0 Å². The van der Waals surface area contributed by atoms with Crippen LogP contribution in [0.5, 0.6) is 0 Å². The number of nitrogens with zero attached hydrogens (tertiary/aromatic N) is 1. The van der Waals surface area contributed by atoms with Crippen LogP contribution in [0.15, 0.2) is 22.7 Å². The quantitative estimate of drug-likeness (QED) is 0.745. The zero-order valence-corrected chi connectivity index (χ0v) is 14.9. The van der Waals surface area contributed by atoms with Crippen molar-refractivity contribution in [2.75, 3.05) is 19.6 Å². The fourth-order valence-corrected chi connectivity index (χ4v) is 3.50. The molecule has 0 saturated carbocycles. The van der Waals surface area contributed by atoms with Crippen molar-refractivity contribution in [3.8, 4) is 0 Å². The molecule has 1 aromatic rings. The molecule has 1 aliphatic rings. The Labute approximate surface area is 138 Å². The standard InChI is InChI=1S/C18H29BrN2/c1-2-10-20-14-16-8-9-17(18(19)13-16)15-21-11-6-4-3-5-7-12-21/h8-9,13,20H,2-7,10-12,14-15H2,1H3. The molecule has 0 aliphatic carbocycles. The molecule has 0 spiro atoms. The van der Waals surface area contributed by atoms with Crippen LogP contribution in [0.3, 0.4) is 0 Å². The van der Waals surface area contributed by atoms with E-state index in [-0.39, 0.29) is 0 Å². The molecule has 2 rings (SSSR count). The van der Waals surface area contributed by atoms with Crippen molar-refractivity contribution in [1.29, 1.82) is 0 Å². The Balaban J connectivity index is 1.90. The molecule has 1 N–H and O–H groups in total. The van der Waals surface area contributed by atoms with Crippen LogP contribution >= 0.6 is 15.9 Å². The molecule has 118 valence electrons. The number of hydrogen-bond acceptors (Lipinski definition) is 2. The predicted octanol–water partition coefficient (Wildman–Crippen LogP) is 4.71. The fourth-order valence-electron chi connectivity index (χ4n) is 2.95. The van der Waals surface area contributed by atoms with Crippen LogP contribution in [-0.4, -0.2) is 24.5 Å². The first kappa shape index (κ1) is 17.0. The Hall–Kier alpha value is -0.380. The predicted molar refractivity (Wildman–Crippen MR) is 94.5 cm³/mol. The van der Waals surface area contributed by atoms with Crippen LogP contribution in [-0.2, 0) is 13.1 Å². The SMILES string of the molecule is CCCNCc1ccc(CN2CCCCCCC2)c(Br)c1. The van der Waals surface area contributed by atoms with Crippen molar-refractivity contribution in [3.05, 3.63) is 33.8 Å². The molecule has 1 heterocycles. The van der Waals surface area contributed by atoms with Crippen molar-refractivity contribution < 1.29 is 0 Å². The highest BCUT2D eigenvalue weighted by Crippen LogP contribution is 2.22. The fraction of sp³-hybridized carbons (Fsp3) is 0.667. The summed E-state index contributed by atoms with van der Waals surface area (Å²) >= 11 is 3.76. The van der Waals surface area contributed by atoms with Gasteiger partial charge in [-0.3, -0.25) is 4.90 Å². The lowest BCUT2D eigenvalue weighted by Gasteiger charge is -2.25. The first-order valence-corrected chi connectivity index (χ1v) is 9.29. The summed E-state index contributed by atoms with van der Waals surface area (Å²) in [4.78, 5) is 2.62. The lowest BCUT2D eigenvalue weighted by atomic mass is 10.1. The van der Waals surface area contributed by atoms with Crippen molar-refractivity contribution in [2.45, 2.75) is 58.5 Å². The molecule has 0 amide bonds. The van der Waals surface area contributed by atoms with E-state index in [0.717, 1.165) is 19.6 Å². The average Bonchev–Trinajstić information content (AvgIpc) is 2.44. The number of nitrogens with one attached hydrogen (secondary N) is 1. The normalized spacial score (nSPS) is 17.4. The van der Waals surface area contributed by atoms with Crippen molar-refractivity contribution >= 4 is 15.9 Å². The number of benzene rings is 1. The lowest BCUT2D eigenvalue weighted by molar-refractivity contribution is 0.239. The third-order valence-electron chi connectivity index (χ3n) is 4.22. The van der Waals surface area contributed by atoms with Gasteiger partial charge in [-0.25, -0.2) is 0 Å². The van der Waals surface area contributed by atoms with Crippen LogP contribution in [0.2, 0.25) is 0 Å². The van der Waals surface area contributed by atoms with E-state index >= 15 is 0 Å². The van der Waals surface area contributed by atoms with Crippen LogP contribution in [0, 0.1) is 0 Å². The second-order valence-corrected chi connectivity index (χ2v) is 7.00. The van der Waals surface area contributed by atoms with Crippen LogP contribution in [0.1, 0.15) is 56.6 Å². The summed E-state index contributed by atoms with van der Waals surface area (Å²) in [5.74, 6) is 0. The van der Waals surface area contributed by atoms with Gasteiger partial charge in [-0.2, -0.15) is 0 Å². The Kier molecular flexibility index (Phi) is 7.76. The molecular formula is C18H29BrN2. The second kappa shape index (κ2) is 9.60. The summed E-state index contributed by atoms with van der Waals surface area (Å²) in [5, 5.41) is 3.46. The molecule has 1 saturated heterocycles. The van der Waals surface area contributed by atoms with E-state index in [1.807, 2.05) is 0 Å². The summed E-state index contributed by atoms with van der Waals surface area (Å²) in [6.07, 6.45) is 8.14. The number of rotatable bonds is 6. The average molecular weight is 353 g/mol. The summed E-state index contributed by atoms with van der Waals surface area (Å²) in [6.45, 7) is 7.86. The maximum absolute atomic E-state index is 3.76. The Morgan fingerprint density at radius 2 is 1.81 bits per heavy atom. The van der Waals surface area contributed by atoms with Crippen LogP contribution in [0.4, 0.5) is 0 Å². The Morgan fingerprint density at radius 3 is 2.48 bits per heavy atom. The van der Waals surface area contributed by atoms with Gasteiger partial charge in [-0.05, 0) is 56.1 Å². The molecule has 0 atom stereocenters. The summed E-state index contributed by atoms with van der Waals surface area (Å²) in [5.41, 5.74) is 2.79. The van der Waals surface area contributed by atoms with Gasteiger partial charge in [0.05, 0.1) is 0 Å². The third-order valence-corrected chi connectivity index (χ3v) is 4.95. The highest BCUT2D eigenvalue weighted by atomic mass is 79.9. The first-order valence-electron chi connectivity index (χ1n) is 8.50. The van der Waals surface area contributed by atoms with Gasteiger partial charge in [-0.15, -0.1) is 0 Å². The van der Waals surface area contributed by atoms with Gasteiger partial charge in [0.15, 0.2) is 0 Å². The molecule has 21 heavy (non-hydrogen) atoms. The van der Waals surface area contributed by atoms with Crippen LogP contribution < -0.4 is 5.32 Å². The first-order chi connectivity index (χ1) is 10.3. The minimum atomic E-state index is 0.969. The van der Waals surface area contributed by atoms with Gasteiger partial charge < -0.3 is 5.32 Å². The largest absolute Gasteiger partial charge is 0.313 e. The highest BCUT2D eigenvalue weighted by Gasteiger charge is 2.10. The Morgan fingerprint density at radius 1 is 1.10 bits per heavy atom. The molecular weight excluding hydrogens is 324 g/mol. The second-order valence-electron chi connectivity index (χ2n) is 6.15. The van der Waals surface area contributed by atoms with Gasteiger partial charge in [-0.1, -0.05) is 54.2 Å². The maximum atomic E-state index is 3.76. The highest BCUT2D eigenvalue weighted by molar-refractivity contribution is 9.10. The zero-order valence-electron chi connectivity index (χ0n) is 13.3. The van der Waals surface area contributed by atoms with Gasteiger partial charge >= 0.3 is 0 Å². The molecule has 3 heteroatoms. The monoisotopic (exact) mass is 352 g/mol. The number of likely N-dealkylation sites (tertiary alicyclic amines) is 1. The zero-order chi connectivity index (χ0) is 14.9. The number of hydrogen-bond donors (Lipinski definition) is 1. The molecule has 1 aromatic carbocycles.